The highest BCUT2D eigenvalue weighted by Gasteiger charge is 2.20. The van der Waals surface area contributed by atoms with E-state index >= 15 is 0 Å². The molecule has 1 aliphatic heterocycles. The lowest BCUT2D eigenvalue weighted by atomic mass is 10.1. The van der Waals surface area contributed by atoms with Crippen molar-refractivity contribution in [2.24, 2.45) is 0 Å². The minimum absolute atomic E-state index is 0.526. The van der Waals surface area contributed by atoms with E-state index in [1.165, 1.54) is 0 Å². The number of anilines is 1. The molecule has 1 heterocycles. The Bertz CT molecular complexity index is 580. The fourth-order valence-corrected chi connectivity index (χ4v) is 2.31. The number of para-hydroxylation sites is 2. The van der Waals surface area contributed by atoms with Gasteiger partial charge in [-0.25, -0.2) is 0 Å². The molecule has 0 bridgehead atoms. The van der Waals surface area contributed by atoms with Crippen molar-refractivity contribution in [3.05, 3.63) is 60.2 Å². The lowest BCUT2D eigenvalue weighted by molar-refractivity contribution is 0.322. The minimum atomic E-state index is 0.526. The molecule has 0 amide bonds. The smallest absolute Gasteiger partial charge is 0.142 e. The number of nitrogens with one attached hydrogen (secondary N) is 1. The maximum atomic E-state index is 8.42. The summed E-state index contributed by atoms with van der Waals surface area (Å²) in [5.74, 6) is 1.39. The fourth-order valence-electron chi connectivity index (χ4n) is 2.31. The number of hydrogen-bond acceptors (Lipinski definition) is 2. The topological polar surface area (TPSA) is 36.3 Å². The third-order valence-corrected chi connectivity index (χ3v) is 3.26. The molecule has 2 aromatic carbocycles. The summed E-state index contributed by atoms with van der Waals surface area (Å²) in [7, 11) is 0. The van der Waals surface area contributed by atoms with Crippen molar-refractivity contribution in [1.82, 2.24) is 0 Å². The summed E-state index contributed by atoms with van der Waals surface area (Å²) in [4.78, 5) is 2.03. The van der Waals surface area contributed by atoms with Gasteiger partial charge in [-0.05, 0) is 18.6 Å². The molecular formula is C16H16N2O. The Morgan fingerprint density at radius 3 is 2.58 bits per heavy atom. The van der Waals surface area contributed by atoms with Crippen molar-refractivity contribution in [3.63, 3.8) is 0 Å². The monoisotopic (exact) mass is 252 g/mol. The van der Waals surface area contributed by atoms with E-state index in [-0.39, 0.29) is 0 Å². The molecule has 0 saturated heterocycles. The number of fused-ring (bicyclic) bond motifs is 1. The van der Waals surface area contributed by atoms with Gasteiger partial charge in [-0.15, -0.1) is 0 Å². The summed E-state index contributed by atoms with van der Waals surface area (Å²) in [5.41, 5.74) is 1.91. The van der Waals surface area contributed by atoms with Gasteiger partial charge in [-0.3, -0.25) is 5.41 Å². The van der Waals surface area contributed by atoms with Crippen molar-refractivity contribution in [1.29, 1.82) is 5.41 Å². The first-order chi connectivity index (χ1) is 9.36. The van der Waals surface area contributed by atoms with Crippen molar-refractivity contribution >= 4 is 11.5 Å². The molecule has 0 unspecified atom stereocenters. The van der Waals surface area contributed by atoms with Crippen molar-refractivity contribution in [2.45, 2.75) is 6.42 Å². The molecule has 0 fully saturated rings. The van der Waals surface area contributed by atoms with E-state index in [1.54, 1.807) is 0 Å². The van der Waals surface area contributed by atoms with Crippen LogP contribution in [0, 0.1) is 5.41 Å². The zero-order chi connectivity index (χ0) is 13.1. The van der Waals surface area contributed by atoms with Crippen LogP contribution < -0.4 is 9.64 Å². The van der Waals surface area contributed by atoms with Gasteiger partial charge < -0.3 is 9.64 Å². The number of benzene rings is 2. The highest BCUT2D eigenvalue weighted by molar-refractivity contribution is 6.08. The maximum absolute atomic E-state index is 8.42. The molecule has 0 aliphatic carbocycles. The van der Waals surface area contributed by atoms with E-state index in [2.05, 4.69) is 0 Å². The second-order valence-electron chi connectivity index (χ2n) is 4.54. The molecule has 0 saturated carbocycles. The molecule has 19 heavy (non-hydrogen) atoms. The minimum Gasteiger partial charge on any atom is -0.491 e. The number of hydrogen-bond donors (Lipinski definition) is 1. The predicted molar refractivity (Wildman–Crippen MR) is 77.2 cm³/mol. The van der Waals surface area contributed by atoms with Crippen molar-refractivity contribution < 1.29 is 4.74 Å². The largest absolute Gasteiger partial charge is 0.491 e. The SMILES string of the molecule is N=C(c1ccccc1)N1CCCOc2ccccc21. The van der Waals surface area contributed by atoms with Gasteiger partial charge in [-0.2, -0.15) is 0 Å². The first-order valence-corrected chi connectivity index (χ1v) is 6.49. The zero-order valence-corrected chi connectivity index (χ0v) is 10.7. The van der Waals surface area contributed by atoms with Gasteiger partial charge in [0.1, 0.15) is 11.6 Å². The summed E-state index contributed by atoms with van der Waals surface area (Å²) < 4.78 is 5.73. The molecule has 1 N–H and O–H groups in total. The molecule has 0 spiro atoms. The van der Waals surface area contributed by atoms with Gasteiger partial charge in [0.2, 0.25) is 0 Å². The maximum Gasteiger partial charge on any atom is 0.142 e. The molecular weight excluding hydrogens is 236 g/mol. The standard InChI is InChI=1S/C16H16N2O/c17-16(13-7-2-1-3-8-13)18-11-6-12-19-15-10-5-4-9-14(15)18/h1-5,7-10,17H,6,11-12H2. The van der Waals surface area contributed by atoms with E-state index in [0.29, 0.717) is 12.4 Å². The van der Waals surface area contributed by atoms with Gasteiger partial charge in [0.05, 0.1) is 12.3 Å². The highest BCUT2D eigenvalue weighted by atomic mass is 16.5. The third kappa shape index (κ3) is 2.32. The van der Waals surface area contributed by atoms with Crippen LogP contribution in [0.15, 0.2) is 54.6 Å². The Balaban J connectivity index is 1.99. The van der Waals surface area contributed by atoms with Gasteiger partial charge in [0.15, 0.2) is 0 Å². The van der Waals surface area contributed by atoms with Crippen LogP contribution in [0.4, 0.5) is 5.69 Å². The van der Waals surface area contributed by atoms with Crippen molar-refractivity contribution in [3.8, 4) is 5.75 Å². The van der Waals surface area contributed by atoms with Crippen LogP contribution in [0.2, 0.25) is 0 Å². The average molecular weight is 252 g/mol. The molecule has 3 nitrogen and oxygen atoms in total. The summed E-state index contributed by atoms with van der Waals surface area (Å²) in [6, 6.07) is 17.8. The molecule has 96 valence electrons. The van der Waals surface area contributed by atoms with E-state index in [4.69, 9.17) is 10.1 Å². The van der Waals surface area contributed by atoms with Gasteiger partial charge in [0, 0.05) is 12.1 Å². The first-order valence-electron chi connectivity index (χ1n) is 6.49. The van der Waals surface area contributed by atoms with Gasteiger partial charge in [0.25, 0.3) is 0 Å². The fraction of sp³-hybridized carbons (Fsp3) is 0.188. The van der Waals surface area contributed by atoms with E-state index in [0.717, 1.165) is 30.0 Å². The van der Waals surface area contributed by atoms with E-state index in [9.17, 15) is 0 Å². The number of amidine groups is 1. The Labute approximate surface area is 113 Å². The molecule has 2 aromatic rings. The summed E-state index contributed by atoms with van der Waals surface area (Å²) in [5, 5.41) is 8.42. The Kier molecular flexibility index (Phi) is 3.19. The normalized spacial score (nSPS) is 14.2. The van der Waals surface area contributed by atoms with Crippen LogP contribution in [0.3, 0.4) is 0 Å². The first kappa shape index (κ1) is 11.8. The van der Waals surface area contributed by atoms with E-state index in [1.807, 2.05) is 59.5 Å². The van der Waals surface area contributed by atoms with Crippen LogP contribution in [0.1, 0.15) is 12.0 Å². The van der Waals surface area contributed by atoms with Crippen LogP contribution >= 0.6 is 0 Å². The van der Waals surface area contributed by atoms with Crippen LogP contribution in [-0.4, -0.2) is 19.0 Å². The molecule has 0 radical (unpaired) electrons. The molecule has 0 aromatic heterocycles. The number of nitrogens with zero attached hydrogens (tertiary/aromatic N) is 1. The third-order valence-electron chi connectivity index (χ3n) is 3.26. The van der Waals surface area contributed by atoms with Crippen LogP contribution in [0.25, 0.3) is 0 Å². The zero-order valence-electron chi connectivity index (χ0n) is 10.7. The van der Waals surface area contributed by atoms with Crippen molar-refractivity contribution in [2.75, 3.05) is 18.1 Å². The lowest BCUT2D eigenvalue weighted by Gasteiger charge is -2.24. The van der Waals surface area contributed by atoms with Gasteiger partial charge >= 0.3 is 0 Å². The second-order valence-corrected chi connectivity index (χ2v) is 4.54. The van der Waals surface area contributed by atoms with E-state index < -0.39 is 0 Å². The van der Waals surface area contributed by atoms with Crippen LogP contribution in [-0.2, 0) is 0 Å². The Morgan fingerprint density at radius 2 is 1.74 bits per heavy atom. The summed E-state index contributed by atoms with van der Waals surface area (Å²) >= 11 is 0. The Hall–Kier alpha value is -2.29. The highest BCUT2D eigenvalue weighted by Crippen LogP contribution is 2.31. The summed E-state index contributed by atoms with van der Waals surface area (Å²) in [6.45, 7) is 1.51. The Morgan fingerprint density at radius 1 is 1.00 bits per heavy atom. The molecule has 0 atom stereocenters. The molecule has 3 rings (SSSR count). The molecule has 3 heteroatoms. The predicted octanol–water partition coefficient (Wildman–Crippen LogP) is 3.30. The lowest BCUT2D eigenvalue weighted by Crippen LogP contribution is -2.31. The average Bonchev–Trinajstić information content (AvgIpc) is 2.70. The second kappa shape index (κ2) is 5.14. The number of ether oxygens (including phenoxy) is 1. The molecule has 1 aliphatic rings. The number of rotatable bonds is 1. The van der Waals surface area contributed by atoms with Crippen LogP contribution in [0.5, 0.6) is 5.75 Å². The quantitative estimate of drug-likeness (QED) is 0.624. The summed E-state index contributed by atoms with van der Waals surface area (Å²) in [6.07, 6.45) is 0.921. The van der Waals surface area contributed by atoms with Gasteiger partial charge in [-0.1, -0.05) is 42.5 Å².